The Balaban J connectivity index is 1.58. The van der Waals surface area contributed by atoms with E-state index in [-0.39, 0.29) is 18.1 Å². The van der Waals surface area contributed by atoms with Crippen molar-refractivity contribution in [3.05, 3.63) is 70.7 Å². The van der Waals surface area contributed by atoms with Crippen LogP contribution in [0.15, 0.2) is 63.6 Å². The number of hydrogen-bond donors (Lipinski definition) is 1. The second kappa shape index (κ2) is 8.10. The highest BCUT2D eigenvalue weighted by Gasteiger charge is 2.10. The summed E-state index contributed by atoms with van der Waals surface area (Å²) in [5, 5.41) is 2.79. The van der Waals surface area contributed by atoms with Crippen molar-refractivity contribution in [2.24, 2.45) is 0 Å². The molecule has 0 bridgehead atoms. The van der Waals surface area contributed by atoms with Crippen molar-refractivity contribution in [2.75, 3.05) is 5.32 Å². The smallest absolute Gasteiger partial charge is 0.224 e. The predicted octanol–water partition coefficient (Wildman–Crippen LogP) is 4.88. The van der Waals surface area contributed by atoms with Crippen LogP contribution in [0.1, 0.15) is 29.6 Å². The molecule has 132 valence electrons. The zero-order chi connectivity index (χ0) is 18.5. The van der Waals surface area contributed by atoms with Gasteiger partial charge in [0, 0.05) is 34.1 Å². The third-order valence-corrected chi connectivity index (χ3v) is 4.27. The Labute approximate surface area is 159 Å². The molecule has 1 amide bonds. The summed E-state index contributed by atoms with van der Waals surface area (Å²) in [5.41, 5.74) is 2.09. The van der Waals surface area contributed by atoms with E-state index in [9.17, 15) is 9.59 Å². The quantitative estimate of drug-likeness (QED) is 0.585. The summed E-state index contributed by atoms with van der Waals surface area (Å²) in [4.78, 5) is 27.7. The van der Waals surface area contributed by atoms with E-state index in [1.54, 1.807) is 30.5 Å². The van der Waals surface area contributed by atoms with Crippen LogP contribution >= 0.6 is 15.9 Å². The summed E-state index contributed by atoms with van der Waals surface area (Å²) >= 11 is 3.43. The molecule has 6 heteroatoms. The van der Waals surface area contributed by atoms with E-state index >= 15 is 0 Å². The first-order valence-corrected chi connectivity index (χ1v) is 8.92. The first kappa shape index (κ1) is 18.1. The van der Waals surface area contributed by atoms with Crippen LogP contribution in [-0.4, -0.2) is 16.7 Å². The number of hydrogen-bond acceptors (Lipinski definition) is 4. The van der Waals surface area contributed by atoms with Gasteiger partial charge in [-0.2, -0.15) is 0 Å². The molecule has 0 saturated heterocycles. The van der Waals surface area contributed by atoms with Gasteiger partial charge in [0.1, 0.15) is 0 Å². The molecule has 1 heterocycles. The Hall–Kier alpha value is -2.73. The van der Waals surface area contributed by atoms with E-state index in [4.69, 9.17) is 4.42 Å². The molecule has 1 aromatic heterocycles. The predicted molar refractivity (Wildman–Crippen MR) is 103 cm³/mol. The number of aryl methyl sites for hydroxylation is 1. The number of benzene rings is 2. The lowest BCUT2D eigenvalue weighted by Gasteiger charge is -2.05. The molecule has 0 radical (unpaired) electrons. The number of amides is 1. The van der Waals surface area contributed by atoms with E-state index < -0.39 is 0 Å². The van der Waals surface area contributed by atoms with Gasteiger partial charge in [-0.05, 0) is 31.2 Å². The molecular formula is C20H17BrN2O3. The third-order valence-electron chi connectivity index (χ3n) is 3.78. The normalized spacial score (nSPS) is 10.5. The Morgan fingerprint density at radius 1 is 1.15 bits per heavy atom. The maximum Gasteiger partial charge on any atom is 0.224 e. The summed E-state index contributed by atoms with van der Waals surface area (Å²) in [6.07, 6.45) is 2.29. The van der Waals surface area contributed by atoms with Crippen LogP contribution < -0.4 is 5.32 Å². The molecule has 0 unspecified atom stereocenters. The van der Waals surface area contributed by atoms with E-state index in [0.29, 0.717) is 29.3 Å². The van der Waals surface area contributed by atoms with Crippen molar-refractivity contribution in [3.63, 3.8) is 0 Å². The summed E-state index contributed by atoms with van der Waals surface area (Å²) in [7, 11) is 0. The number of halogens is 1. The summed E-state index contributed by atoms with van der Waals surface area (Å²) in [6.45, 7) is 1.49. The minimum atomic E-state index is -0.159. The van der Waals surface area contributed by atoms with Gasteiger partial charge in [0.25, 0.3) is 0 Å². The molecule has 0 aliphatic heterocycles. The van der Waals surface area contributed by atoms with Gasteiger partial charge in [-0.25, -0.2) is 4.98 Å². The van der Waals surface area contributed by atoms with Crippen LogP contribution in [0.3, 0.4) is 0 Å². The average Bonchev–Trinajstić information content (AvgIpc) is 3.09. The molecule has 0 aliphatic rings. The van der Waals surface area contributed by atoms with E-state index in [1.807, 2.05) is 24.3 Å². The number of rotatable bonds is 6. The minimum absolute atomic E-state index is 0.0408. The average molecular weight is 413 g/mol. The first-order chi connectivity index (χ1) is 12.5. The lowest BCUT2D eigenvalue weighted by Crippen LogP contribution is -2.12. The van der Waals surface area contributed by atoms with Gasteiger partial charge in [0.15, 0.2) is 17.4 Å². The SMILES string of the molecule is CC(=O)c1cccc(NC(=O)CCc2ncc(-c3cccc(Br)c3)o2)c1. The van der Waals surface area contributed by atoms with Crippen LogP contribution in [0.2, 0.25) is 0 Å². The van der Waals surface area contributed by atoms with Gasteiger partial charge < -0.3 is 9.73 Å². The van der Waals surface area contributed by atoms with Crippen LogP contribution in [-0.2, 0) is 11.2 Å². The van der Waals surface area contributed by atoms with E-state index in [1.165, 1.54) is 6.92 Å². The number of oxazole rings is 1. The van der Waals surface area contributed by atoms with E-state index in [2.05, 4.69) is 26.2 Å². The van der Waals surface area contributed by atoms with Crippen molar-refractivity contribution < 1.29 is 14.0 Å². The van der Waals surface area contributed by atoms with Crippen LogP contribution in [0, 0.1) is 0 Å². The largest absolute Gasteiger partial charge is 0.441 e. The van der Waals surface area contributed by atoms with Gasteiger partial charge in [-0.3, -0.25) is 9.59 Å². The number of aromatic nitrogens is 1. The maximum atomic E-state index is 12.1. The standard InChI is InChI=1S/C20H17BrN2O3/c1-13(24)14-4-3-7-17(11-14)23-19(25)8-9-20-22-12-18(26-20)15-5-2-6-16(21)10-15/h2-7,10-12H,8-9H2,1H3,(H,23,25). The molecule has 0 atom stereocenters. The number of Topliss-reactive ketones (excluding diaryl/α,β-unsaturated/α-hetero) is 1. The Morgan fingerprint density at radius 3 is 2.73 bits per heavy atom. The lowest BCUT2D eigenvalue weighted by atomic mass is 10.1. The van der Waals surface area contributed by atoms with Gasteiger partial charge in [-0.1, -0.05) is 40.2 Å². The van der Waals surface area contributed by atoms with Gasteiger partial charge >= 0.3 is 0 Å². The monoisotopic (exact) mass is 412 g/mol. The highest BCUT2D eigenvalue weighted by atomic mass is 79.9. The van der Waals surface area contributed by atoms with Crippen molar-refractivity contribution >= 4 is 33.3 Å². The molecule has 1 N–H and O–H groups in total. The highest BCUT2D eigenvalue weighted by Crippen LogP contribution is 2.24. The number of nitrogens with zero attached hydrogens (tertiary/aromatic N) is 1. The summed E-state index contributed by atoms with van der Waals surface area (Å²) < 4.78 is 6.68. The molecule has 0 aliphatic carbocycles. The number of carbonyl (C=O) groups excluding carboxylic acids is 2. The fourth-order valence-electron chi connectivity index (χ4n) is 2.46. The van der Waals surface area contributed by atoms with Crippen molar-refractivity contribution in [2.45, 2.75) is 19.8 Å². The summed E-state index contributed by atoms with van der Waals surface area (Å²) in [6, 6.07) is 14.6. The number of nitrogens with one attached hydrogen (secondary N) is 1. The number of anilines is 1. The molecule has 0 fully saturated rings. The fraction of sp³-hybridized carbons (Fsp3) is 0.150. The molecule has 5 nitrogen and oxygen atoms in total. The second-order valence-electron chi connectivity index (χ2n) is 5.81. The van der Waals surface area contributed by atoms with Crippen LogP contribution in [0.5, 0.6) is 0 Å². The Kier molecular flexibility index (Phi) is 5.63. The van der Waals surface area contributed by atoms with E-state index in [0.717, 1.165) is 10.0 Å². The zero-order valence-corrected chi connectivity index (χ0v) is 15.7. The number of carbonyl (C=O) groups is 2. The van der Waals surface area contributed by atoms with Gasteiger partial charge in [-0.15, -0.1) is 0 Å². The molecule has 3 rings (SSSR count). The van der Waals surface area contributed by atoms with Crippen molar-refractivity contribution in [3.8, 4) is 11.3 Å². The summed E-state index contributed by atoms with van der Waals surface area (Å²) in [5.74, 6) is 0.970. The fourth-order valence-corrected chi connectivity index (χ4v) is 2.86. The molecule has 0 saturated carbocycles. The first-order valence-electron chi connectivity index (χ1n) is 8.13. The Morgan fingerprint density at radius 2 is 1.96 bits per heavy atom. The lowest BCUT2D eigenvalue weighted by molar-refractivity contribution is -0.116. The van der Waals surface area contributed by atoms with Crippen molar-refractivity contribution in [1.29, 1.82) is 0 Å². The third kappa shape index (κ3) is 4.67. The molecule has 0 spiro atoms. The topological polar surface area (TPSA) is 72.2 Å². The number of ketones is 1. The minimum Gasteiger partial charge on any atom is -0.441 e. The van der Waals surface area contributed by atoms with Crippen molar-refractivity contribution in [1.82, 2.24) is 4.98 Å². The molecule has 26 heavy (non-hydrogen) atoms. The highest BCUT2D eigenvalue weighted by molar-refractivity contribution is 9.10. The van der Waals surface area contributed by atoms with Crippen LogP contribution in [0.25, 0.3) is 11.3 Å². The van der Waals surface area contributed by atoms with Gasteiger partial charge in [0.05, 0.1) is 6.20 Å². The zero-order valence-electron chi connectivity index (χ0n) is 14.2. The van der Waals surface area contributed by atoms with Crippen LogP contribution in [0.4, 0.5) is 5.69 Å². The maximum absolute atomic E-state index is 12.1. The Bertz CT molecular complexity index is 949. The second-order valence-corrected chi connectivity index (χ2v) is 6.73. The molecular weight excluding hydrogens is 396 g/mol. The molecule has 3 aromatic rings. The van der Waals surface area contributed by atoms with Gasteiger partial charge in [0.2, 0.25) is 5.91 Å². The molecule has 2 aromatic carbocycles.